The summed E-state index contributed by atoms with van der Waals surface area (Å²) in [6, 6.07) is 2.24. The van der Waals surface area contributed by atoms with Crippen LogP contribution in [-0.4, -0.2) is 49.4 Å². The highest BCUT2D eigenvalue weighted by Gasteiger charge is 2.21. The van der Waals surface area contributed by atoms with Gasteiger partial charge in [0.1, 0.15) is 11.6 Å². The number of hydrogen-bond acceptors (Lipinski definition) is 5. The molecule has 2 aliphatic rings. The van der Waals surface area contributed by atoms with Crippen molar-refractivity contribution in [3.05, 3.63) is 17.6 Å². The van der Waals surface area contributed by atoms with Gasteiger partial charge in [-0.15, -0.1) is 0 Å². The van der Waals surface area contributed by atoms with Gasteiger partial charge in [-0.2, -0.15) is 0 Å². The van der Waals surface area contributed by atoms with Crippen molar-refractivity contribution in [1.82, 2.24) is 15.3 Å². The van der Waals surface area contributed by atoms with E-state index in [-0.39, 0.29) is 0 Å². The lowest BCUT2D eigenvalue weighted by atomic mass is 9.94. The molecule has 3 rings (SSSR count). The van der Waals surface area contributed by atoms with E-state index in [2.05, 4.69) is 23.2 Å². The quantitative estimate of drug-likeness (QED) is 0.904. The highest BCUT2D eigenvalue weighted by Crippen LogP contribution is 2.27. The van der Waals surface area contributed by atoms with Gasteiger partial charge in [-0.25, -0.2) is 9.97 Å². The fourth-order valence-electron chi connectivity index (χ4n) is 3.69. The Morgan fingerprint density at radius 2 is 1.91 bits per heavy atom. The summed E-state index contributed by atoms with van der Waals surface area (Å²) in [7, 11) is 0. The fourth-order valence-corrected chi connectivity index (χ4v) is 3.69. The summed E-state index contributed by atoms with van der Waals surface area (Å²) in [6.07, 6.45) is 4.70. The molecule has 0 amide bonds. The molecule has 128 valence electrons. The molecular weight excluding hydrogens is 288 g/mol. The van der Waals surface area contributed by atoms with Crippen molar-refractivity contribution in [2.45, 2.75) is 45.4 Å². The monoisotopic (exact) mass is 318 g/mol. The number of rotatable bonds is 5. The van der Waals surface area contributed by atoms with Crippen LogP contribution in [0.4, 0.5) is 5.82 Å². The van der Waals surface area contributed by atoms with Crippen LogP contribution in [0.25, 0.3) is 0 Å². The zero-order chi connectivity index (χ0) is 16.1. The maximum absolute atomic E-state index is 5.49. The van der Waals surface area contributed by atoms with E-state index in [4.69, 9.17) is 14.7 Å². The second-order valence-corrected chi connectivity index (χ2v) is 6.82. The number of ether oxygens (including phenoxy) is 1. The van der Waals surface area contributed by atoms with Crippen LogP contribution < -0.4 is 10.2 Å². The molecule has 5 heteroatoms. The van der Waals surface area contributed by atoms with Gasteiger partial charge >= 0.3 is 0 Å². The maximum Gasteiger partial charge on any atom is 0.132 e. The topological polar surface area (TPSA) is 50.3 Å². The summed E-state index contributed by atoms with van der Waals surface area (Å²) in [6.45, 7) is 10.3. The van der Waals surface area contributed by atoms with Crippen molar-refractivity contribution in [3.63, 3.8) is 0 Å². The number of nitrogens with one attached hydrogen (secondary N) is 1. The van der Waals surface area contributed by atoms with Gasteiger partial charge in [-0.3, -0.25) is 0 Å². The Labute approximate surface area is 139 Å². The third-order valence-corrected chi connectivity index (χ3v) is 5.13. The molecule has 1 aromatic heterocycles. The van der Waals surface area contributed by atoms with Crippen LogP contribution in [-0.2, 0) is 4.74 Å². The number of aromatic nitrogens is 2. The Balaban J connectivity index is 1.74. The predicted molar refractivity (Wildman–Crippen MR) is 93.0 cm³/mol. The van der Waals surface area contributed by atoms with Gasteiger partial charge in [0.2, 0.25) is 0 Å². The molecule has 0 aromatic carbocycles. The molecule has 5 nitrogen and oxygen atoms in total. The minimum Gasteiger partial charge on any atom is -0.381 e. The number of hydrogen-bond donors (Lipinski definition) is 1. The minimum atomic E-state index is 0.582. The van der Waals surface area contributed by atoms with E-state index in [0.717, 1.165) is 57.0 Å². The first-order chi connectivity index (χ1) is 11.3. The molecule has 3 heterocycles. The second-order valence-electron chi connectivity index (χ2n) is 6.82. The van der Waals surface area contributed by atoms with Gasteiger partial charge in [-0.1, -0.05) is 0 Å². The molecule has 0 saturated carbocycles. The normalized spacial score (nSPS) is 20.6. The summed E-state index contributed by atoms with van der Waals surface area (Å²) in [5.41, 5.74) is 1.24. The molecule has 0 spiro atoms. The van der Waals surface area contributed by atoms with Crippen LogP contribution >= 0.6 is 0 Å². The first kappa shape index (κ1) is 16.7. The molecule has 0 bridgehead atoms. The summed E-state index contributed by atoms with van der Waals surface area (Å²) >= 11 is 0. The largest absolute Gasteiger partial charge is 0.381 e. The van der Waals surface area contributed by atoms with Crippen molar-refractivity contribution in [2.75, 3.05) is 44.3 Å². The van der Waals surface area contributed by atoms with Crippen LogP contribution in [0.15, 0.2) is 6.07 Å². The lowest BCUT2D eigenvalue weighted by Crippen LogP contribution is -2.33. The molecule has 0 atom stereocenters. The van der Waals surface area contributed by atoms with Crippen LogP contribution in [0.5, 0.6) is 0 Å². The van der Waals surface area contributed by atoms with E-state index in [0.29, 0.717) is 5.92 Å². The van der Waals surface area contributed by atoms with E-state index in [9.17, 15) is 0 Å². The first-order valence-electron chi connectivity index (χ1n) is 9.15. The van der Waals surface area contributed by atoms with E-state index in [1.165, 1.54) is 31.4 Å². The minimum absolute atomic E-state index is 0.582. The van der Waals surface area contributed by atoms with E-state index < -0.39 is 0 Å². The standard InChI is InChI=1S/C18H30N4O/c1-3-22(13-15-6-10-23-11-7-15)18-12-17(20-14(2)21-18)16-4-8-19-9-5-16/h12,15-16,19H,3-11,13H2,1-2H3. The SMILES string of the molecule is CCN(CC1CCOCC1)c1cc(C2CCNCC2)nc(C)n1. The molecular formula is C18H30N4O. The number of aryl methyl sites for hydroxylation is 1. The van der Waals surface area contributed by atoms with E-state index in [1.54, 1.807) is 0 Å². The Bertz CT molecular complexity index is 496. The Morgan fingerprint density at radius 3 is 2.61 bits per heavy atom. The summed E-state index contributed by atoms with van der Waals surface area (Å²) < 4.78 is 5.49. The van der Waals surface area contributed by atoms with E-state index in [1.807, 2.05) is 6.92 Å². The molecule has 1 aromatic rings. The van der Waals surface area contributed by atoms with Crippen LogP contribution in [0.3, 0.4) is 0 Å². The third kappa shape index (κ3) is 4.42. The van der Waals surface area contributed by atoms with Crippen molar-refractivity contribution < 1.29 is 4.74 Å². The van der Waals surface area contributed by atoms with Crippen LogP contribution in [0.2, 0.25) is 0 Å². The Hall–Kier alpha value is -1.20. The Morgan fingerprint density at radius 1 is 1.17 bits per heavy atom. The van der Waals surface area contributed by atoms with Gasteiger partial charge in [0, 0.05) is 44.0 Å². The summed E-state index contributed by atoms with van der Waals surface area (Å²) in [4.78, 5) is 11.9. The van der Waals surface area contributed by atoms with Gasteiger partial charge in [0.25, 0.3) is 0 Å². The molecule has 0 aliphatic carbocycles. The molecule has 1 N–H and O–H groups in total. The van der Waals surface area contributed by atoms with Gasteiger partial charge in [-0.05, 0) is 58.5 Å². The Kier molecular flexibility index (Phi) is 5.84. The molecule has 2 saturated heterocycles. The zero-order valence-electron chi connectivity index (χ0n) is 14.6. The molecule has 0 unspecified atom stereocenters. The first-order valence-corrected chi connectivity index (χ1v) is 9.15. The number of nitrogens with zero attached hydrogens (tertiary/aromatic N) is 3. The van der Waals surface area contributed by atoms with Crippen molar-refractivity contribution >= 4 is 5.82 Å². The highest BCUT2D eigenvalue weighted by atomic mass is 16.5. The number of anilines is 1. The maximum atomic E-state index is 5.49. The lowest BCUT2D eigenvalue weighted by molar-refractivity contribution is 0.0682. The summed E-state index contributed by atoms with van der Waals surface area (Å²) in [5, 5.41) is 3.44. The average Bonchev–Trinajstić information content (AvgIpc) is 2.61. The van der Waals surface area contributed by atoms with Crippen LogP contribution in [0.1, 0.15) is 50.0 Å². The molecule has 2 aliphatic heterocycles. The smallest absolute Gasteiger partial charge is 0.132 e. The van der Waals surface area contributed by atoms with Gasteiger partial charge < -0.3 is 15.0 Å². The van der Waals surface area contributed by atoms with E-state index >= 15 is 0 Å². The average molecular weight is 318 g/mol. The summed E-state index contributed by atoms with van der Waals surface area (Å²) in [5.74, 6) is 3.32. The molecule has 2 fully saturated rings. The van der Waals surface area contributed by atoms with Crippen LogP contribution in [0, 0.1) is 12.8 Å². The lowest BCUT2D eigenvalue weighted by Gasteiger charge is -2.30. The highest BCUT2D eigenvalue weighted by molar-refractivity contribution is 5.40. The third-order valence-electron chi connectivity index (χ3n) is 5.13. The predicted octanol–water partition coefficient (Wildman–Crippen LogP) is 2.50. The van der Waals surface area contributed by atoms with Crippen molar-refractivity contribution in [1.29, 1.82) is 0 Å². The van der Waals surface area contributed by atoms with Crippen molar-refractivity contribution in [3.8, 4) is 0 Å². The zero-order valence-corrected chi connectivity index (χ0v) is 14.6. The fraction of sp³-hybridized carbons (Fsp3) is 0.778. The van der Waals surface area contributed by atoms with Gasteiger partial charge in [0.05, 0.1) is 0 Å². The van der Waals surface area contributed by atoms with Crippen molar-refractivity contribution in [2.24, 2.45) is 5.92 Å². The molecule has 0 radical (unpaired) electrons. The van der Waals surface area contributed by atoms with Gasteiger partial charge in [0.15, 0.2) is 0 Å². The number of piperidine rings is 1. The second kappa shape index (κ2) is 8.06. The molecule has 23 heavy (non-hydrogen) atoms.